The molecule has 0 aromatic heterocycles. The van der Waals surface area contributed by atoms with E-state index in [9.17, 15) is 4.39 Å². The maximum Gasteiger partial charge on any atom is 0.141 e. The summed E-state index contributed by atoms with van der Waals surface area (Å²) in [6, 6.07) is 4.63. The van der Waals surface area contributed by atoms with Crippen LogP contribution in [0.1, 0.15) is 12.5 Å². The van der Waals surface area contributed by atoms with Gasteiger partial charge in [0.2, 0.25) is 0 Å². The largest absolute Gasteiger partial charge is 0.384 e. The molecule has 1 rings (SSSR count). The molecule has 0 amide bonds. The Hall–Kier alpha value is -0.120. The molecule has 15 heavy (non-hydrogen) atoms. The van der Waals surface area contributed by atoms with Crippen molar-refractivity contribution < 1.29 is 9.13 Å². The van der Waals surface area contributed by atoms with Crippen molar-refractivity contribution in [1.29, 1.82) is 0 Å². The van der Waals surface area contributed by atoms with Gasteiger partial charge in [-0.25, -0.2) is 4.39 Å². The predicted octanol–water partition coefficient (Wildman–Crippen LogP) is 4.20. The molecule has 0 saturated carbocycles. The van der Waals surface area contributed by atoms with E-state index in [2.05, 4.69) is 15.9 Å². The molecule has 0 N–H and O–H groups in total. The van der Waals surface area contributed by atoms with Gasteiger partial charge in [0, 0.05) is 11.9 Å². The van der Waals surface area contributed by atoms with Crippen LogP contribution in [0, 0.1) is 12.7 Å². The number of benzene rings is 1. The summed E-state index contributed by atoms with van der Waals surface area (Å²) in [5.41, 5.74) is 0.974. The monoisotopic (exact) mass is 296 g/mol. The van der Waals surface area contributed by atoms with Gasteiger partial charge in [0.15, 0.2) is 0 Å². The summed E-state index contributed by atoms with van der Waals surface area (Å²) in [7, 11) is 1.69. The minimum atomic E-state index is -0.359. The third kappa shape index (κ3) is 7.77. The minimum absolute atomic E-state index is 0.190. The molecular weight excluding hydrogens is 282 g/mol. The van der Waals surface area contributed by atoms with Gasteiger partial charge in [0.1, 0.15) is 5.82 Å². The summed E-state index contributed by atoms with van der Waals surface area (Å²) < 4.78 is 17.1. The maximum atomic E-state index is 12.4. The van der Waals surface area contributed by atoms with Crippen LogP contribution in [0.15, 0.2) is 18.2 Å². The van der Waals surface area contributed by atoms with Crippen molar-refractivity contribution in [2.24, 2.45) is 0 Å². The van der Waals surface area contributed by atoms with Crippen LogP contribution >= 0.6 is 27.5 Å². The highest BCUT2D eigenvalue weighted by Crippen LogP contribution is 2.14. The van der Waals surface area contributed by atoms with Crippen LogP contribution in [-0.2, 0) is 4.74 Å². The fourth-order valence-electron chi connectivity index (χ4n) is 0.831. The zero-order valence-corrected chi connectivity index (χ0v) is 11.4. The van der Waals surface area contributed by atoms with Gasteiger partial charge in [-0.1, -0.05) is 40.5 Å². The smallest absolute Gasteiger partial charge is 0.141 e. The number of hydrogen-bond acceptors (Lipinski definition) is 1. The first-order valence-electron chi connectivity index (χ1n) is 4.52. The third-order valence-corrected chi connectivity index (χ3v) is 2.03. The van der Waals surface area contributed by atoms with E-state index in [-0.39, 0.29) is 10.8 Å². The van der Waals surface area contributed by atoms with Gasteiger partial charge >= 0.3 is 0 Å². The van der Waals surface area contributed by atoms with E-state index in [1.807, 2.05) is 13.8 Å². The third-order valence-electron chi connectivity index (χ3n) is 1.47. The van der Waals surface area contributed by atoms with Crippen molar-refractivity contribution in [3.8, 4) is 0 Å². The molecule has 1 atom stereocenters. The normalized spacial score (nSPS) is 11.6. The number of methoxy groups -OCH3 is 1. The first-order valence-corrected chi connectivity index (χ1v) is 5.81. The lowest BCUT2D eigenvalue weighted by atomic mass is 10.2. The molecule has 0 bridgehead atoms. The molecule has 0 aliphatic rings. The van der Waals surface area contributed by atoms with Crippen LogP contribution in [0.2, 0.25) is 5.02 Å². The minimum Gasteiger partial charge on any atom is -0.384 e. The molecule has 1 aromatic rings. The average Bonchev–Trinajstić information content (AvgIpc) is 2.13. The van der Waals surface area contributed by atoms with Gasteiger partial charge < -0.3 is 4.74 Å². The van der Waals surface area contributed by atoms with Crippen molar-refractivity contribution in [2.45, 2.75) is 18.7 Å². The van der Waals surface area contributed by atoms with Crippen LogP contribution in [-0.4, -0.2) is 18.5 Å². The quantitative estimate of drug-likeness (QED) is 0.743. The van der Waals surface area contributed by atoms with E-state index in [1.54, 1.807) is 19.2 Å². The summed E-state index contributed by atoms with van der Waals surface area (Å²) in [6.07, 6.45) is 0. The fourth-order valence-corrected chi connectivity index (χ4v) is 1.33. The number of aryl methyl sites for hydroxylation is 1. The Morgan fingerprint density at radius 2 is 2.13 bits per heavy atom. The Bertz CT molecular complexity index is 292. The molecule has 0 aliphatic carbocycles. The van der Waals surface area contributed by atoms with E-state index < -0.39 is 0 Å². The van der Waals surface area contributed by atoms with Gasteiger partial charge in [0.05, 0.1) is 11.6 Å². The molecule has 1 aromatic carbocycles. The van der Waals surface area contributed by atoms with Crippen LogP contribution in [0.3, 0.4) is 0 Å². The van der Waals surface area contributed by atoms with Crippen LogP contribution < -0.4 is 0 Å². The molecule has 0 aliphatic heterocycles. The van der Waals surface area contributed by atoms with E-state index >= 15 is 0 Å². The summed E-state index contributed by atoms with van der Waals surface area (Å²) >= 11 is 8.75. The van der Waals surface area contributed by atoms with Crippen molar-refractivity contribution in [1.82, 2.24) is 0 Å². The second-order valence-electron chi connectivity index (χ2n) is 3.15. The summed E-state index contributed by atoms with van der Waals surface area (Å²) in [4.78, 5) is 0.488. The highest BCUT2D eigenvalue weighted by atomic mass is 79.9. The molecule has 0 heterocycles. The van der Waals surface area contributed by atoms with E-state index in [0.29, 0.717) is 4.83 Å². The zero-order valence-electron chi connectivity index (χ0n) is 9.06. The lowest BCUT2D eigenvalue weighted by molar-refractivity contribution is 0.204. The van der Waals surface area contributed by atoms with Gasteiger partial charge in [-0.2, -0.15) is 0 Å². The van der Waals surface area contributed by atoms with Gasteiger partial charge in [0.25, 0.3) is 0 Å². The SMILES string of the molecule is COCC(C)Br.Cc1ccc(F)c(Cl)c1. The number of rotatable bonds is 2. The lowest BCUT2D eigenvalue weighted by Crippen LogP contribution is -1.98. The fraction of sp³-hybridized carbons (Fsp3) is 0.455. The maximum absolute atomic E-state index is 12.4. The Kier molecular flexibility index (Phi) is 8.02. The molecule has 0 fully saturated rings. The molecule has 0 spiro atoms. The van der Waals surface area contributed by atoms with Crippen LogP contribution in [0.25, 0.3) is 0 Å². The first kappa shape index (κ1) is 14.9. The van der Waals surface area contributed by atoms with Gasteiger partial charge in [-0.15, -0.1) is 0 Å². The molecule has 1 nitrogen and oxygen atoms in total. The second-order valence-corrected chi connectivity index (χ2v) is 5.12. The Morgan fingerprint density at radius 1 is 1.53 bits per heavy atom. The number of halogens is 3. The zero-order chi connectivity index (χ0) is 11.8. The molecule has 4 heteroatoms. The Labute approximate surface area is 104 Å². The van der Waals surface area contributed by atoms with E-state index in [1.165, 1.54) is 6.07 Å². The molecule has 0 saturated heterocycles. The number of hydrogen-bond donors (Lipinski definition) is 0. The highest BCUT2D eigenvalue weighted by Gasteiger charge is 1.95. The molecule has 86 valence electrons. The topological polar surface area (TPSA) is 9.23 Å². The Balaban J connectivity index is 0.000000288. The summed E-state index contributed by atoms with van der Waals surface area (Å²) in [6.45, 7) is 4.70. The van der Waals surface area contributed by atoms with E-state index in [0.717, 1.165) is 12.2 Å². The lowest BCUT2D eigenvalue weighted by Gasteiger charge is -1.95. The van der Waals surface area contributed by atoms with Crippen molar-refractivity contribution in [2.75, 3.05) is 13.7 Å². The number of alkyl halides is 1. The Morgan fingerprint density at radius 3 is 2.40 bits per heavy atom. The molecular formula is C11H15BrClFO. The first-order chi connectivity index (χ1) is 6.97. The number of ether oxygens (including phenoxy) is 1. The highest BCUT2D eigenvalue weighted by molar-refractivity contribution is 9.09. The second kappa shape index (κ2) is 8.08. The summed E-state index contributed by atoms with van der Waals surface area (Å²) in [5.74, 6) is -0.359. The average molecular weight is 298 g/mol. The van der Waals surface area contributed by atoms with Crippen molar-refractivity contribution >= 4 is 27.5 Å². The van der Waals surface area contributed by atoms with Gasteiger partial charge in [-0.3, -0.25) is 0 Å². The molecule has 0 radical (unpaired) electrons. The van der Waals surface area contributed by atoms with Crippen molar-refractivity contribution in [3.05, 3.63) is 34.6 Å². The summed E-state index contributed by atoms with van der Waals surface area (Å²) in [5, 5.41) is 0.190. The molecule has 1 unspecified atom stereocenters. The van der Waals surface area contributed by atoms with E-state index in [4.69, 9.17) is 16.3 Å². The van der Waals surface area contributed by atoms with Crippen LogP contribution in [0.5, 0.6) is 0 Å². The van der Waals surface area contributed by atoms with Crippen molar-refractivity contribution in [3.63, 3.8) is 0 Å². The standard InChI is InChI=1S/C7H6ClF.C4H9BrO/c1-5-2-3-7(9)6(8)4-5;1-4(5)3-6-2/h2-4H,1H3;4H,3H2,1-2H3. The van der Waals surface area contributed by atoms with Gasteiger partial charge in [-0.05, 0) is 24.6 Å². The predicted molar refractivity (Wildman–Crippen MR) is 66.4 cm³/mol. The van der Waals surface area contributed by atoms with Crippen LogP contribution in [0.4, 0.5) is 4.39 Å².